The van der Waals surface area contributed by atoms with Gasteiger partial charge in [0.1, 0.15) is 24.3 Å². The second kappa shape index (κ2) is 9.35. The molecule has 0 aliphatic carbocycles. The van der Waals surface area contributed by atoms with Crippen LogP contribution in [0.3, 0.4) is 0 Å². The summed E-state index contributed by atoms with van der Waals surface area (Å²) in [6.07, 6.45) is -5.59. The summed E-state index contributed by atoms with van der Waals surface area (Å²) >= 11 is 0. The van der Waals surface area contributed by atoms with E-state index in [4.69, 9.17) is 25.2 Å². The first-order valence-electron chi connectivity index (χ1n) is 8.85. The van der Waals surface area contributed by atoms with Crippen LogP contribution >= 0.6 is 23.5 Å². The first-order chi connectivity index (χ1) is 15.9. The third-order valence-corrected chi connectivity index (χ3v) is 8.34. The highest BCUT2D eigenvalue weighted by molar-refractivity contribution is 7.66. The SMILES string of the molecule is Nc1nc2c(c(F)cn2[C@@H]2O[C@H](COP(=O)(O)OP(=O)(O)OP(=O)(O)O)C(O)[C@]2(O)CF)c(=O)[nH]1. The molecule has 0 spiro atoms. The normalized spacial score (nSPS) is 28.7. The smallest absolute Gasteiger partial charge is 0.387 e. The predicted molar refractivity (Wildman–Crippen MR) is 105 cm³/mol. The van der Waals surface area contributed by atoms with Crippen molar-refractivity contribution in [2.24, 2.45) is 0 Å². The maximum atomic E-state index is 14.3. The van der Waals surface area contributed by atoms with E-state index in [1.54, 1.807) is 0 Å². The second-order valence-electron chi connectivity index (χ2n) is 7.02. The molecule has 1 aliphatic heterocycles. The Morgan fingerprint density at radius 2 is 1.86 bits per heavy atom. The topological polar surface area (TPSA) is 286 Å². The van der Waals surface area contributed by atoms with Crippen molar-refractivity contribution in [3.8, 4) is 0 Å². The summed E-state index contributed by atoms with van der Waals surface area (Å²) in [5, 5.41) is 20.3. The van der Waals surface area contributed by atoms with Gasteiger partial charge in [0.15, 0.2) is 23.3 Å². The predicted octanol–water partition coefficient (Wildman–Crippen LogP) is -1.25. The molecule has 23 heteroatoms. The van der Waals surface area contributed by atoms with E-state index in [1.807, 2.05) is 4.98 Å². The third-order valence-electron chi connectivity index (χ3n) is 4.53. The second-order valence-corrected chi connectivity index (χ2v) is 11.4. The van der Waals surface area contributed by atoms with Crippen LogP contribution in [0.4, 0.5) is 14.7 Å². The van der Waals surface area contributed by atoms with Gasteiger partial charge in [0.05, 0.1) is 6.61 Å². The lowest BCUT2D eigenvalue weighted by Gasteiger charge is -2.28. The van der Waals surface area contributed by atoms with Crippen LogP contribution in [0.15, 0.2) is 11.0 Å². The van der Waals surface area contributed by atoms with Crippen molar-refractivity contribution >= 4 is 40.4 Å². The van der Waals surface area contributed by atoms with Gasteiger partial charge in [-0.2, -0.15) is 13.6 Å². The minimum Gasteiger partial charge on any atom is -0.387 e. The number of nitrogens with one attached hydrogen (secondary N) is 1. The van der Waals surface area contributed by atoms with Crippen LogP contribution < -0.4 is 11.3 Å². The molecule has 18 nitrogen and oxygen atoms in total. The van der Waals surface area contributed by atoms with Crippen molar-refractivity contribution in [1.29, 1.82) is 0 Å². The summed E-state index contributed by atoms with van der Waals surface area (Å²) in [5.74, 6) is -1.68. The molecule has 3 rings (SSSR count). The molecule has 35 heavy (non-hydrogen) atoms. The first-order valence-corrected chi connectivity index (χ1v) is 13.4. The molecule has 9 N–H and O–H groups in total. The van der Waals surface area contributed by atoms with Gasteiger partial charge in [-0.05, 0) is 0 Å². The van der Waals surface area contributed by atoms with E-state index in [0.29, 0.717) is 10.8 Å². The molecule has 0 radical (unpaired) electrons. The fourth-order valence-electron chi connectivity index (χ4n) is 3.19. The summed E-state index contributed by atoms with van der Waals surface area (Å²) < 4.78 is 79.3. The fraction of sp³-hybridized carbons (Fsp3) is 0.500. The van der Waals surface area contributed by atoms with Gasteiger partial charge in [0.25, 0.3) is 5.56 Å². The molecule has 0 bridgehead atoms. The van der Waals surface area contributed by atoms with Gasteiger partial charge in [-0.3, -0.25) is 18.9 Å². The number of halogens is 2. The number of aromatic amines is 1. The van der Waals surface area contributed by atoms with Crippen molar-refractivity contribution in [2.45, 2.75) is 24.0 Å². The van der Waals surface area contributed by atoms with E-state index in [2.05, 4.69) is 18.1 Å². The minimum atomic E-state index is -5.85. The molecule has 3 heterocycles. The Morgan fingerprint density at radius 1 is 1.23 bits per heavy atom. The first kappa shape index (κ1) is 27.9. The zero-order valence-electron chi connectivity index (χ0n) is 16.7. The average molecular weight is 572 g/mol. The van der Waals surface area contributed by atoms with Crippen molar-refractivity contribution in [2.75, 3.05) is 19.0 Å². The van der Waals surface area contributed by atoms with E-state index < -0.39 is 89.1 Å². The lowest BCUT2D eigenvalue weighted by molar-refractivity contribution is -0.118. The Balaban J connectivity index is 1.86. The molecular weight excluding hydrogens is 555 g/mol. The zero-order valence-corrected chi connectivity index (χ0v) is 19.4. The molecule has 3 unspecified atom stereocenters. The molecule has 6 atom stereocenters. The molecular formula is C12H17F2N4O14P3. The van der Waals surface area contributed by atoms with Crippen molar-refractivity contribution in [3.63, 3.8) is 0 Å². The number of nitrogens with two attached hydrogens (primary N) is 1. The fourth-order valence-corrected chi connectivity index (χ4v) is 6.22. The summed E-state index contributed by atoms with van der Waals surface area (Å²) in [6, 6.07) is 0. The summed E-state index contributed by atoms with van der Waals surface area (Å²) in [7, 11) is -17.2. The number of alkyl halides is 1. The number of nitrogen functional groups attached to an aromatic ring is 1. The number of hydrogen-bond donors (Lipinski definition) is 8. The molecule has 0 aromatic carbocycles. The van der Waals surface area contributed by atoms with E-state index in [9.17, 15) is 42.4 Å². The van der Waals surface area contributed by atoms with E-state index in [1.165, 1.54) is 0 Å². The standard InChI is InChI=1S/C12H17F2N4O14P3/c13-3-12(21)7(19)5(2-29-34(25,26)32-35(27,28)31-33(22,23)24)30-10(12)18-1-4(14)6-8(18)16-11(15)17-9(6)20/h1,5,7,10,19,21H,2-3H2,(H,25,26)(H,27,28)(H2,22,23,24)(H3,15,16,17,20)/t5-,7?,10-,12-/m1/s1. The van der Waals surface area contributed by atoms with Gasteiger partial charge in [0, 0.05) is 6.20 Å². The van der Waals surface area contributed by atoms with E-state index >= 15 is 0 Å². The highest BCUT2D eigenvalue weighted by Crippen LogP contribution is 2.66. The van der Waals surface area contributed by atoms with Crippen LogP contribution in [0.5, 0.6) is 0 Å². The van der Waals surface area contributed by atoms with Gasteiger partial charge in [-0.25, -0.2) is 22.5 Å². The number of anilines is 1. The number of rotatable bonds is 9. The van der Waals surface area contributed by atoms with Gasteiger partial charge in [-0.15, -0.1) is 0 Å². The van der Waals surface area contributed by atoms with Gasteiger partial charge in [0.2, 0.25) is 5.95 Å². The van der Waals surface area contributed by atoms with Crippen LogP contribution in [0.25, 0.3) is 11.0 Å². The summed E-state index contributed by atoms with van der Waals surface area (Å²) in [5.41, 5.74) is 0.984. The Bertz CT molecular complexity index is 1330. The largest absolute Gasteiger partial charge is 0.490 e. The molecule has 2 aromatic heterocycles. The maximum Gasteiger partial charge on any atom is 0.490 e. The highest BCUT2D eigenvalue weighted by atomic mass is 31.3. The van der Waals surface area contributed by atoms with Crippen LogP contribution in [0.2, 0.25) is 0 Å². The summed E-state index contributed by atoms with van der Waals surface area (Å²) in [4.78, 5) is 53.3. The van der Waals surface area contributed by atoms with Crippen LogP contribution in [-0.4, -0.2) is 75.4 Å². The number of aliphatic hydroxyl groups is 2. The number of H-pyrrole nitrogens is 1. The van der Waals surface area contributed by atoms with E-state index in [0.717, 1.165) is 0 Å². The van der Waals surface area contributed by atoms with Crippen LogP contribution in [0, 0.1) is 5.82 Å². The highest BCUT2D eigenvalue weighted by Gasteiger charge is 2.57. The van der Waals surface area contributed by atoms with Gasteiger partial charge >= 0.3 is 23.5 Å². The number of phosphoric ester groups is 1. The average Bonchev–Trinajstić information content (AvgIpc) is 3.12. The minimum absolute atomic E-state index is 0.492. The molecule has 0 saturated carbocycles. The molecule has 1 saturated heterocycles. The monoisotopic (exact) mass is 572 g/mol. The number of hydrogen-bond acceptors (Lipinski definition) is 12. The summed E-state index contributed by atoms with van der Waals surface area (Å²) in [6.45, 7) is -3.01. The van der Waals surface area contributed by atoms with Crippen molar-refractivity contribution in [3.05, 3.63) is 22.4 Å². The van der Waals surface area contributed by atoms with Crippen LogP contribution in [0.1, 0.15) is 6.23 Å². The Kier molecular flexibility index (Phi) is 7.47. The number of phosphoric acid groups is 3. The lowest BCUT2D eigenvalue weighted by Crippen LogP contribution is -2.49. The van der Waals surface area contributed by atoms with E-state index in [-0.39, 0.29) is 0 Å². The number of aliphatic hydroxyl groups excluding tert-OH is 1. The molecule has 198 valence electrons. The van der Waals surface area contributed by atoms with Gasteiger partial charge in [-0.1, -0.05) is 0 Å². The number of aromatic nitrogens is 3. The van der Waals surface area contributed by atoms with Crippen molar-refractivity contribution < 1.29 is 70.1 Å². The van der Waals surface area contributed by atoms with Crippen molar-refractivity contribution in [1.82, 2.24) is 14.5 Å². The Morgan fingerprint density at radius 3 is 2.43 bits per heavy atom. The lowest BCUT2D eigenvalue weighted by atomic mass is 9.95. The molecule has 1 aliphatic rings. The zero-order chi connectivity index (χ0) is 26.6. The molecule has 1 fully saturated rings. The quantitative estimate of drug-likeness (QED) is 0.163. The maximum absolute atomic E-state index is 14.3. The third kappa shape index (κ3) is 5.86. The number of fused-ring (bicyclic) bond motifs is 1. The molecule has 2 aromatic rings. The Hall–Kier alpha value is -1.63. The number of ether oxygens (including phenoxy) is 1. The number of nitrogens with zero attached hydrogens (tertiary/aromatic N) is 2. The van der Waals surface area contributed by atoms with Crippen LogP contribution in [-0.2, 0) is 31.6 Å². The Labute approximate surface area is 191 Å². The molecule has 0 amide bonds. The van der Waals surface area contributed by atoms with Gasteiger partial charge < -0.3 is 40.3 Å².